The molecule has 0 unspecified atom stereocenters. The average Bonchev–Trinajstić information content (AvgIpc) is 2.86. The van der Waals surface area contributed by atoms with Crippen molar-refractivity contribution in [1.82, 2.24) is 8.87 Å². The summed E-state index contributed by atoms with van der Waals surface area (Å²) < 4.78 is 29.2. The van der Waals surface area contributed by atoms with Gasteiger partial charge in [-0.05, 0) is 33.3 Å². The Balaban J connectivity index is 3.07. The topological polar surface area (TPSA) is 42.3 Å². The molecule has 0 bridgehead atoms. The predicted octanol–water partition coefficient (Wildman–Crippen LogP) is 3.84. The third-order valence-corrected chi connectivity index (χ3v) is 5.92. The third kappa shape index (κ3) is 4.47. The first-order valence-electron chi connectivity index (χ1n) is 7.65. The van der Waals surface area contributed by atoms with Gasteiger partial charge in [0.2, 0.25) is 10.0 Å². The number of hydrogen-bond donors (Lipinski definition) is 0. The predicted molar refractivity (Wildman–Crippen MR) is 88.2 cm³/mol. The van der Waals surface area contributed by atoms with Crippen LogP contribution < -0.4 is 0 Å². The zero-order chi connectivity index (χ0) is 16.0. The Labute approximate surface area is 134 Å². The van der Waals surface area contributed by atoms with Crippen molar-refractivity contribution in [2.75, 3.05) is 6.54 Å². The van der Waals surface area contributed by atoms with Crippen LogP contribution in [0, 0.1) is 0 Å². The van der Waals surface area contributed by atoms with Crippen LogP contribution in [0.1, 0.15) is 52.7 Å². The first kappa shape index (κ1) is 18.5. The van der Waals surface area contributed by atoms with E-state index >= 15 is 0 Å². The monoisotopic (exact) mass is 334 g/mol. The van der Waals surface area contributed by atoms with Gasteiger partial charge in [-0.15, -0.1) is 11.6 Å². The molecule has 4 nitrogen and oxygen atoms in total. The molecule has 0 spiro atoms. The van der Waals surface area contributed by atoms with Crippen molar-refractivity contribution >= 4 is 21.6 Å². The number of aromatic nitrogens is 1. The number of unbranched alkanes of at least 4 members (excludes halogenated alkanes) is 2. The van der Waals surface area contributed by atoms with Gasteiger partial charge < -0.3 is 4.57 Å². The van der Waals surface area contributed by atoms with E-state index in [4.69, 9.17) is 11.6 Å². The van der Waals surface area contributed by atoms with Crippen molar-refractivity contribution in [3.63, 3.8) is 0 Å². The number of hydrogen-bond acceptors (Lipinski definition) is 2. The molecule has 1 aromatic rings. The Morgan fingerprint density at radius 1 is 1.29 bits per heavy atom. The largest absolute Gasteiger partial charge is 0.349 e. The molecule has 6 heteroatoms. The Bertz CT molecular complexity index is 516. The van der Waals surface area contributed by atoms with E-state index in [1.165, 1.54) is 0 Å². The minimum Gasteiger partial charge on any atom is -0.349 e. The molecule has 122 valence electrons. The summed E-state index contributed by atoms with van der Waals surface area (Å²) in [5.74, 6) is 0.320. The molecule has 0 aromatic carbocycles. The summed E-state index contributed by atoms with van der Waals surface area (Å²) >= 11 is 5.89. The number of sulfonamides is 1. The lowest BCUT2D eigenvalue weighted by Gasteiger charge is -2.25. The van der Waals surface area contributed by atoms with Gasteiger partial charge in [-0.25, -0.2) is 8.42 Å². The molecular formula is C15H27ClN2O2S. The van der Waals surface area contributed by atoms with Crippen molar-refractivity contribution in [3.8, 4) is 0 Å². The fourth-order valence-corrected chi connectivity index (χ4v) is 4.35. The molecule has 1 aromatic heterocycles. The highest BCUT2D eigenvalue weighted by Crippen LogP contribution is 2.22. The highest BCUT2D eigenvalue weighted by molar-refractivity contribution is 7.89. The van der Waals surface area contributed by atoms with Crippen LogP contribution in [-0.2, 0) is 22.4 Å². The van der Waals surface area contributed by atoms with Gasteiger partial charge in [0.15, 0.2) is 0 Å². The maximum absolute atomic E-state index is 12.8. The molecule has 0 fully saturated rings. The number of nitrogens with zero attached hydrogens (tertiary/aromatic N) is 2. The fraction of sp³-hybridized carbons (Fsp3) is 0.733. The van der Waals surface area contributed by atoms with Gasteiger partial charge in [-0.3, -0.25) is 0 Å². The Hall–Kier alpha value is -0.520. The van der Waals surface area contributed by atoms with E-state index in [0.717, 1.165) is 31.5 Å². The van der Waals surface area contributed by atoms with Crippen molar-refractivity contribution in [1.29, 1.82) is 0 Å². The summed E-state index contributed by atoms with van der Waals surface area (Å²) in [6, 6.07) is 1.65. The van der Waals surface area contributed by atoms with Crippen LogP contribution in [0.2, 0.25) is 0 Å². The van der Waals surface area contributed by atoms with Crippen molar-refractivity contribution in [2.45, 2.75) is 70.3 Å². The molecular weight excluding hydrogens is 308 g/mol. The molecule has 0 aliphatic rings. The average molecular weight is 335 g/mol. The van der Waals surface area contributed by atoms with Crippen molar-refractivity contribution < 1.29 is 8.42 Å². The SMILES string of the molecule is CCCCCN(C(C)C)S(=O)(=O)c1cc(CCl)n(CC)c1. The highest BCUT2D eigenvalue weighted by Gasteiger charge is 2.28. The molecule has 0 amide bonds. The first-order chi connectivity index (χ1) is 9.88. The van der Waals surface area contributed by atoms with Crippen molar-refractivity contribution in [2.24, 2.45) is 0 Å². The number of rotatable bonds is 9. The zero-order valence-electron chi connectivity index (χ0n) is 13.5. The fourth-order valence-electron chi connectivity index (χ4n) is 2.38. The van der Waals surface area contributed by atoms with Gasteiger partial charge in [0.05, 0.1) is 5.88 Å². The number of alkyl halides is 1. The smallest absolute Gasteiger partial charge is 0.244 e. The summed E-state index contributed by atoms with van der Waals surface area (Å²) in [6.45, 7) is 9.22. The summed E-state index contributed by atoms with van der Waals surface area (Å²) in [5.41, 5.74) is 0.843. The van der Waals surface area contributed by atoms with Gasteiger partial charge in [-0.2, -0.15) is 4.31 Å². The standard InChI is InChI=1S/C15H27ClN2O2S/c1-5-7-8-9-18(13(3)4)21(19,20)15-10-14(11-16)17(6-2)12-15/h10,12-13H,5-9,11H2,1-4H3. The minimum absolute atomic E-state index is 0.0451. The van der Waals surface area contributed by atoms with Crippen LogP contribution >= 0.6 is 11.6 Å². The van der Waals surface area contributed by atoms with E-state index in [9.17, 15) is 8.42 Å². The second-order valence-corrected chi connectivity index (χ2v) is 7.66. The van der Waals surface area contributed by atoms with Gasteiger partial charge in [0, 0.05) is 31.0 Å². The molecule has 1 heterocycles. The second kappa shape index (κ2) is 8.20. The van der Waals surface area contributed by atoms with E-state index < -0.39 is 10.0 Å². The molecule has 0 aliphatic carbocycles. The number of halogens is 1. The molecule has 21 heavy (non-hydrogen) atoms. The lowest BCUT2D eigenvalue weighted by molar-refractivity contribution is 0.345. The van der Waals surface area contributed by atoms with E-state index in [0.29, 0.717) is 17.3 Å². The second-order valence-electron chi connectivity index (χ2n) is 5.50. The highest BCUT2D eigenvalue weighted by atomic mass is 35.5. The Morgan fingerprint density at radius 2 is 1.95 bits per heavy atom. The van der Waals surface area contributed by atoms with Crippen molar-refractivity contribution in [3.05, 3.63) is 18.0 Å². The minimum atomic E-state index is -3.45. The molecule has 0 N–H and O–H groups in total. The van der Waals surface area contributed by atoms with Gasteiger partial charge >= 0.3 is 0 Å². The normalized spacial score (nSPS) is 12.5. The molecule has 0 saturated heterocycles. The van der Waals surface area contributed by atoms with Crippen LogP contribution in [-0.4, -0.2) is 29.9 Å². The van der Waals surface area contributed by atoms with Gasteiger partial charge in [-0.1, -0.05) is 19.8 Å². The lowest BCUT2D eigenvalue weighted by atomic mass is 10.2. The lowest BCUT2D eigenvalue weighted by Crippen LogP contribution is -2.37. The quantitative estimate of drug-likeness (QED) is 0.508. The maximum atomic E-state index is 12.8. The third-order valence-electron chi connectivity index (χ3n) is 3.60. The summed E-state index contributed by atoms with van der Waals surface area (Å²) in [4.78, 5) is 0.352. The first-order valence-corrected chi connectivity index (χ1v) is 9.62. The molecule has 0 radical (unpaired) electrons. The zero-order valence-corrected chi connectivity index (χ0v) is 15.0. The van der Waals surface area contributed by atoms with Gasteiger partial charge in [0.25, 0.3) is 0 Å². The maximum Gasteiger partial charge on any atom is 0.244 e. The molecule has 0 saturated carbocycles. The summed E-state index contributed by atoms with van der Waals surface area (Å²) in [5, 5.41) is 0. The van der Waals surface area contributed by atoms with E-state index in [1.807, 2.05) is 25.3 Å². The van der Waals surface area contributed by atoms with E-state index in [2.05, 4.69) is 6.92 Å². The molecule has 1 rings (SSSR count). The Kier molecular flexibility index (Phi) is 7.24. The molecule has 0 aliphatic heterocycles. The number of aryl methyl sites for hydroxylation is 1. The van der Waals surface area contributed by atoms with Crippen LogP contribution in [0.5, 0.6) is 0 Å². The van der Waals surface area contributed by atoms with Gasteiger partial charge in [0.1, 0.15) is 4.90 Å². The summed E-state index contributed by atoms with van der Waals surface area (Å²) in [6.07, 6.45) is 4.71. The Morgan fingerprint density at radius 3 is 2.38 bits per heavy atom. The van der Waals surface area contributed by atoms with E-state index in [-0.39, 0.29) is 6.04 Å². The van der Waals surface area contributed by atoms with Crippen LogP contribution in [0.25, 0.3) is 0 Å². The van der Waals surface area contributed by atoms with Crippen LogP contribution in [0.4, 0.5) is 0 Å². The summed E-state index contributed by atoms with van der Waals surface area (Å²) in [7, 11) is -3.45. The van der Waals surface area contributed by atoms with E-state index in [1.54, 1.807) is 16.6 Å². The van der Waals surface area contributed by atoms with Crippen LogP contribution in [0.15, 0.2) is 17.2 Å². The molecule has 0 atom stereocenters. The van der Waals surface area contributed by atoms with Crippen LogP contribution in [0.3, 0.4) is 0 Å².